The van der Waals surface area contributed by atoms with E-state index in [-0.39, 0.29) is 43.0 Å². The molecule has 0 saturated heterocycles. The van der Waals surface area contributed by atoms with Gasteiger partial charge < -0.3 is 30.2 Å². The number of nitrogens with one attached hydrogen (secondary N) is 4. The van der Waals surface area contributed by atoms with Crippen molar-refractivity contribution in [2.75, 3.05) is 0 Å². The standard InChI is InChI=1S/C36H42ClN7O5/c1-6-21(4)29(42-35(47)48-19-23-11-9-8-10-12-23)32(45)43-36(34(46)41-30(22(5)7-2)33-40-28(18-38)44-49-33)14-13-27-25(17-36)24-15-20(3)16-26(37)31(24)39-27/h8-12,15-16,21-22,29-30,39H,6-7,13-14,17,19H2,1-5H3,(H,41,46)(H,42,47)(H,43,45)/t21?,22?,29-,30-,36-/m0/s1. The van der Waals surface area contributed by atoms with Crippen molar-refractivity contribution in [1.82, 2.24) is 31.1 Å². The van der Waals surface area contributed by atoms with E-state index in [0.717, 1.165) is 33.3 Å². The Morgan fingerprint density at radius 3 is 2.53 bits per heavy atom. The van der Waals surface area contributed by atoms with Gasteiger partial charge in [-0.2, -0.15) is 10.2 Å². The Hall–Kier alpha value is -4.89. The number of fused-ring (bicyclic) bond motifs is 3. The maximum atomic E-state index is 14.7. The number of amides is 3. The van der Waals surface area contributed by atoms with E-state index in [4.69, 9.17) is 20.9 Å². The van der Waals surface area contributed by atoms with Crippen molar-refractivity contribution >= 4 is 40.4 Å². The van der Waals surface area contributed by atoms with Crippen molar-refractivity contribution in [3.8, 4) is 6.07 Å². The zero-order valence-corrected chi connectivity index (χ0v) is 29.1. The third kappa shape index (κ3) is 7.73. The fourth-order valence-electron chi connectivity index (χ4n) is 6.27. The number of halogens is 1. The quantitative estimate of drug-likeness (QED) is 0.141. The molecule has 1 aliphatic rings. The third-order valence-corrected chi connectivity index (χ3v) is 9.86. The summed E-state index contributed by atoms with van der Waals surface area (Å²) in [6.45, 7) is 9.67. The van der Waals surface area contributed by atoms with Gasteiger partial charge in [-0.1, -0.05) is 82.5 Å². The van der Waals surface area contributed by atoms with E-state index < -0.39 is 35.5 Å². The Kier molecular flexibility index (Phi) is 10.9. The lowest BCUT2D eigenvalue weighted by molar-refractivity contribution is -0.136. The summed E-state index contributed by atoms with van der Waals surface area (Å²) in [6, 6.07) is 13.3. The molecule has 5 atom stereocenters. The SMILES string of the molecule is CCC(C)[C@H](NC(=O)OCc1ccccc1)C(=O)N[C@@]1(C(=O)N[C@H](c2nc(C#N)no2)C(C)CC)CCc2[nH]c3c(Cl)cc(C)cc3c2C1. The van der Waals surface area contributed by atoms with Crippen molar-refractivity contribution in [1.29, 1.82) is 5.26 Å². The Morgan fingerprint density at radius 2 is 1.86 bits per heavy atom. The first-order chi connectivity index (χ1) is 23.5. The van der Waals surface area contributed by atoms with Crippen LogP contribution >= 0.6 is 11.6 Å². The third-order valence-electron chi connectivity index (χ3n) is 9.57. The number of H-pyrrole nitrogens is 1. The lowest BCUT2D eigenvalue weighted by atomic mass is 9.78. The summed E-state index contributed by atoms with van der Waals surface area (Å²) in [5.74, 6) is -1.43. The van der Waals surface area contributed by atoms with Crippen LogP contribution in [0.1, 0.15) is 87.1 Å². The van der Waals surface area contributed by atoms with Crippen molar-refractivity contribution < 1.29 is 23.6 Å². The van der Waals surface area contributed by atoms with Crippen LogP contribution in [-0.4, -0.2) is 44.6 Å². The average Bonchev–Trinajstić information content (AvgIpc) is 3.73. The molecule has 1 aliphatic carbocycles. The number of ether oxygens (including phenoxy) is 1. The summed E-state index contributed by atoms with van der Waals surface area (Å²) in [7, 11) is 0. The van der Waals surface area contributed by atoms with Gasteiger partial charge in [0.25, 0.3) is 5.82 Å². The fourth-order valence-corrected chi connectivity index (χ4v) is 6.60. The van der Waals surface area contributed by atoms with Crippen molar-refractivity contribution in [2.45, 2.75) is 91.0 Å². The van der Waals surface area contributed by atoms with E-state index in [2.05, 4.69) is 31.1 Å². The summed E-state index contributed by atoms with van der Waals surface area (Å²) < 4.78 is 10.8. The van der Waals surface area contributed by atoms with Crippen LogP contribution in [0.4, 0.5) is 4.79 Å². The number of hydrogen-bond donors (Lipinski definition) is 4. The fraction of sp³-hybridized carbons (Fsp3) is 0.444. The molecule has 0 fully saturated rings. The zero-order chi connectivity index (χ0) is 35.3. The van der Waals surface area contributed by atoms with Gasteiger partial charge in [-0.15, -0.1) is 0 Å². The van der Waals surface area contributed by atoms with E-state index in [1.165, 1.54) is 0 Å². The highest BCUT2D eigenvalue weighted by Gasteiger charge is 2.47. The first-order valence-electron chi connectivity index (χ1n) is 16.6. The molecule has 4 aromatic rings. The van der Waals surface area contributed by atoms with E-state index in [1.54, 1.807) is 0 Å². The molecule has 12 nitrogen and oxygen atoms in total. The highest BCUT2D eigenvalue weighted by molar-refractivity contribution is 6.35. The van der Waals surface area contributed by atoms with E-state index in [0.29, 0.717) is 24.3 Å². The lowest BCUT2D eigenvalue weighted by Gasteiger charge is -2.39. The molecule has 2 heterocycles. The highest BCUT2D eigenvalue weighted by Crippen LogP contribution is 2.38. The van der Waals surface area contributed by atoms with Gasteiger partial charge >= 0.3 is 6.09 Å². The first-order valence-corrected chi connectivity index (χ1v) is 17.0. The Bertz CT molecular complexity index is 1870. The molecule has 0 saturated carbocycles. The normalized spacial score (nSPS) is 18.0. The molecule has 0 spiro atoms. The lowest BCUT2D eigenvalue weighted by Crippen LogP contribution is -2.65. The smallest absolute Gasteiger partial charge is 0.408 e. The number of aryl methyl sites for hydroxylation is 2. The van der Waals surface area contributed by atoms with Crippen LogP contribution in [0.15, 0.2) is 47.0 Å². The van der Waals surface area contributed by atoms with Gasteiger partial charge in [-0.25, -0.2) is 4.79 Å². The molecule has 2 unspecified atom stereocenters. The summed E-state index contributed by atoms with van der Waals surface area (Å²) in [6.07, 6.45) is 1.36. The molecule has 49 heavy (non-hydrogen) atoms. The molecule has 13 heteroatoms. The molecular weight excluding hydrogens is 646 g/mol. The Morgan fingerprint density at radius 1 is 1.12 bits per heavy atom. The zero-order valence-electron chi connectivity index (χ0n) is 28.4. The molecule has 5 rings (SSSR count). The molecule has 0 bridgehead atoms. The maximum Gasteiger partial charge on any atom is 0.408 e. The second-order valence-corrected chi connectivity index (χ2v) is 13.4. The van der Waals surface area contributed by atoms with Gasteiger partial charge in [0, 0.05) is 17.5 Å². The van der Waals surface area contributed by atoms with E-state index in [9.17, 15) is 19.6 Å². The number of carbonyl (C=O) groups is 3. The molecule has 258 valence electrons. The highest BCUT2D eigenvalue weighted by atomic mass is 35.5. The Balaban J connectivity index is 1.48. The second-order valence-electron chi connectivity index (χ2n) is 13.0. The second kappa shape index (κ2) is 15.1. The summed E-state index contributed by atoms with van der Waals surface area (Å²) >= 11 is 6.63. The predicted molar refractivity (Wildman–Crippen MR) is 183 cm³/mol. The van der Waals surface area contributed by atoms with E-state index in [1.807, 2.05) is 83.2 Å². The molecule has 0 aliphatic heterocycles. The summed E-state index contributed by atoms with van der Waals surface area (Å²) in [5, 5.41) is 23.4. The number of aromatic amines is 1. The van der Waals surface area contributed by atoms with Crippen LogP contribution in [-0.2, 0) is 33.8 Å². The largest absolute Gasteiger partial charge is 0.445 e. The van der Waals surface area contributed by atoms with Crippen LogP contribution in [0.3, 0.4) is 0 Å². The average molecular weight is 688 g/mol. The number of nitrogens with zero attached hydrogens (tertiary/aromatic N) is 3. The first kappa shape index (κ1) is 35.4. The molecule has 3 amide bonds. The predicted octanol–water partition coefficient (Wildman–Crippen LogP) is 5.97. The Labute approximate surface area is 290 Å². The minimum Gasteiger partial charge on any atom is -0.445 e. The molecule has 2 aromatic carbocycles. The number of alkyl carbamates (subject to hydrolysis) is 1. The van der Waals surface area contributed by atoms with Gasteiger partial charge in [0.2, 0.25) is 17.7 Å². The maximum absolute atomic E-state index is 14.7. The van der Waals surface area contributed by atoms with E-state index >= 15 is 0 Å². The van der Waals surface area contributed by atoms with Gasteiger partial charge in [0.15, 0.2) is 0 Å². The molecule has 0 radical (unpaired) electrons. The minimum absolute atomic E-state index is 0.0410. The van der Waals surface area contributed by atoms with Crippen LogP contribution in [0.25, 0.3) is 10.9 Å². The van der Waals surface area contributed by atoms with Gasteiger partial charge in [0.05, 0.1) is 10.5 Å². The number of aromatic nitrogens is 3. The molecule has 2 aromatic heterocycles. The van der Waals surface area contributed by atoms with Crippen LogP contribution < -0.4 is 16.0 Å². The van der Waals surface area contributed by atoms with Gasteiger partial charge in [-0.3, -0.25) is 9.59 Å². The van der Waals surface area contributed by atoms with Gasteiger partial charge in [0.1, 0.15) is 30.3 Å². The molecule has 4 N–H and O–H groups in total. The number of carbonyl (C=O) groups excluding carboxylic acids is 3. The van der Waals surface area contributed by atoms with Crippen molar-refractivity contribution in [3.63, 3.8) is 0 Å². The summed E-state index contributed by atoms with van der Waals surface area (Å²) in [5.41, 5.74) is 2.93. The van der Waals surface area contributed by atoms with Crippen molar-refractivity contribution in [2.24, 2.45) is 11.8 Å². The van der Waals surface area contributed by atoms with Crippen LogP contribution in [0.5, 0.6) is 0 Å². The molecular formula is C36H42ClN7O5. The number of hydrogen-bond acceptors (Lipinski definition) is 8. The van der Waals surface area contributed by atoms with Crippen molar-refractivity contribution in [3.05, 3.63) is 81.6 Å². The van der Waals surface area contributed by atoms with Crippen LogP contribution in [0.2, 0.25) is 5.02 Å². The monoisotopic (exact) mass is 687 g/mol. The minimum atomic E-state index is -1.43. The summed E-state index contributed by atoms with van der Waals surface area (Å²) in [4.78, 5) is 49.5. The van der Waals surface area contributed by atoms with Gasteiger partial charge in [-0.05, 0) is 65.6 Å². The number of nitriles is 1. The van der Waals surface area contributed by atoms with Crippen LogP contribution in [0, 0.1) is 30.1 Å². The number of benzene rings is 2. The topological polar surface area (TPSA) is 175 Å². The number of rotatable bonds is 12.